The number of pyridine rings is 1. The van der Waals surface area contributed by atoms with Crippen molar-refractivity contribution in [2.75, 3.05) is 38.2 Å². The number of nitrogens with one attached hydrogen (secondary N) is 2. The third-order valence-corrected chi connectivity index (χ3v) is 6.61. The highest BCUT2D eigenvalue weighted by Gasteiger charge is 2.19. The molecule has 6 nitrogen and oxygen atoms in total. The number of anilines is 1. The fraction of sp³-hybridized carbons (Fsp3) is 0.379. The van der Waals surface area contributed by atoms with Crippen molar-refractivity contribution in [1.82, 2.24) is 15.6 Å². The molecule has 0 bridgehead atoms. The lowest BCUT2D eigenvalue weighted by molar-refractivity contribution is -0.120. The molecule has 1 amide bonds. The largest absolute Gasteiger partial charge is 0.496 e. The summed E-state index contributed by atoms with van der Waals surface area (Å²) in [7, 11) is 1.67. The first-order valence-electron chi connectivity index (χ1n) is 12.6. The quantitative estimate of drug-likeness (QED) is 0.445. The van der Waals surface area contributed by atoms with Crippen molar-refractivity contribution in [3.8, 4) is 5.75 Å². The van der Waals surface area contributed by atoms with Gasteiger partial charge in [0.15, 0.2) is 0 Å². The van der Waals surface area contributed by atoms with Crippen LogP contribution in [0.25, 0.3) is 0 Å². The Morgan fingerprint density at radius 3 is 2.49 bits per heavy atom. The summed E-state index contributed by atoms with van der Waals surface area (Å²) in [5.41, 5.74) is 4.52. The van der Waals surface area contributed by atoms with E-state index in [1.54, 1.807) is 7.11 Å². The molecule has 0 atom stereocenters. The standard InChI is InChI=1S/C29H36N4O2/c1-35-28-8-3-2-6-24(28)13-18-32-29(34)22-23-9-11-27(12-10-23)33-20-15-26(16-21-33)31-19-14-25-7-4-5-17-30-25/h2-12,17,26,31H,13-16,18-22H2,1H3,(H,32,34). The van der Waals surface area contributed by atoms with Gasteiger partial charge in [-0.25, -0.2) is 0 Å². The van der Waals surface area contributed by atoms with E-state index < -0.39 is 0 Å². The fourth-order valence-corrected chi connectivity index (χ4v) is 4.61. The zero-order valence-corrected chi connectivity index (χ0v) is 20.6. The minimum absolute atomic E-state index is 0.0465. The number of amides is 1. The maximum Gasteiger partial charge on any atom is 0.224 e. The number of rotatable bonds is 11. The summed E-state index contributed by atoms with van der Waals surface area (Å²) < 4.78 is 5.38. The third kappa shape index (κ3) is 7.55. The molecule has 35 heavy (non-hydrogen) atoms. The van der Waals surface area contributed by atoms with E-state index in [9.17, 15) is 4.79 Å². The number of para-hydroxylation sites is 1. The van der Waals surface area contributed by atoms with Crippen molar-refractivity contribution in [2.45, 2.75) is 38.1 Å². The van der Waals surface area contributed by atoms with Gasteiger partial charge in [0.1, 0.15) is 5.75 Å². The predicted molar refractivity (Wildman–Crippen MR) is 141 cm³/mol. The number of ether oxygens (including phenoxy) is 1. The molecule has 2 aromatic carbocycles. The van der Waals surface area contributed by atoms with Crippen molar-refractivity contribution >= 4 is 11.6 Å². The van der Waals surface area contributed by atoms with Gasteiger partial charge in [-0.1, -0.05) is 36.4 Å². The second-order valence-electron chi connectivity index (χ2n) is 9.04. The Balaban J connectivity index is 1.15. The van der Waals surface area contributed by atoms with E-state index in [2.05, 4.69) is 50.8 Å². The number of piperidine rings is 1. The molecule has 1 aromatic heterocycles. The highest BCUT2D eigenvalue weighted by Crippen LogP contribution is 2.21. The number of benzene rings is 2. The fourth-order valence-electron chi connectivity index (χ4n) is 4.61. The van der Waals surface area contributed by atoms with Gasteiger partial charge in [0.2, 0.25) is 5.91 Å². The smallest absolute Gasteiger partial charge is 0.224 e. The van der Waals surface area contributed by atoms with E-state index in [1.807, 2.05) is 42.6 Å². The molecular formula is C29H36N4O2. The number of carbonyl (C=O) groups is 1. The predicted octanol–water partition coefficient (Wildman–Crippen LogP) is 3.79. The normalized spacial score (nSPS) is 14.0. The number of hydrogen-bond acceptors (Lipinski definition) is 5. The average molecular weight is 473 g/mol. The van der Waals surface area contributed by atoms with Gasteiger partial charge in [0.05, 0.1) is 13.5 Å². The van der Waals surface area contributed by atoms with E-state index in [0.29, 0.717) is 19.0 Å². The molecule has 1 fully saturated rings. The molecule has 0 radical (unpaired) electrons. The van der Waals surface area contributed by atoms with Crippen LogP contribution in [0, 0.1) is 0 Å². The van der Waals surface area contributed by atoms with Gasteiger partial charge in [-0.15, -0.1) is 0 Å². The lowest BCUT2D eigenvalue weighted by atomic mass is 10.0. The Labute approximate surface area is 208 Å². The summed E-state index contributed by atoms with van der Waals surface area (Å²) >= 11 is 0. The van der Waals surface area contributed by atoms with Crippen LogP contribution in [0.4, 0.5) is 5.69 Å². The number of hydrogen-bond donors (Lipinski definition) is 2. The first-order chi connectivity index (χ1) is 17.2. The molecule has 3 aromatic rings. The topological polar surface area (TPSA) is 66.5 Å². The first-order valence-corrected chi connectivity index (χ1v) is 12.6. The monoisotopic (exact) mass is 472 g/mol. The molecule has 184 valence electrons. The van der Waals surface area contributed by atoms with Crippen LogP contribution >= 0.6 is 0 Å². The van der Waals surface area contributed by atoms with Crippen molar-refractivity contribution in [2.24, 2.45) is 0 Å². The Bertz CT molecular complexity index is 1050. The Morgan fingerprint density at radius 1 is 0.971 bits per heavy atom. The molecule has 0 saturated carbocycles. The Hall–Kier alpha value is -3.38. The molecule has 0 aliphatic carbocycles. The van der Waals surface area contributed by atoms with Crippen LogP contribution in [0.1, 0.15) is 29.7 Å². The van der Waals surface area contributed by atoms with E-state index >= 15 is 0 Å². The van der Waals surface area contributed by atoms with Crippen molar-refractivity contribution in [3.05, 3.63) is 89.7 Å². The van der Waals surface area contributed by atoms with Crippen LogP contribution in [0.3, 0.4) is 0 Å². The third-order valence-electron chi connectivity index (χ3n) is 6.61. The van der Waals surface area contributed by atoms with Crippen molar-refractivity contribution in [1.29, 1.82) is 0 Å². The zero-order valence-electron chi connectivity index (χ0n) is 20.6. The minimum atomic E-state index is 0.0465. The second-order valence-corrected chi connectivity index (χ2v) is 9.04. The lowest BCUT2D eigenvalue weighted by Gasteiger charge is -2.34. The molecule has 2 N–H and O–H groups in total. The molecule has 1 aliphatic heterocycles. The molecule has 0 unspecified atom stereocenters. The van der Waals surface area contributed by atoms with Gasteiger partial charge in [-0.3, -0.25) is 9.78 Å². The molecule has 1 aliphatic rings. The molecule has 6 heteroatoms. The maximum atomic E-state index is 12.4. The lowest BCUT2D eigenvalue weighted by Crippen LogP contribution is -2.43. The van der Waals surface area contributed by atoms with Gasteiger partial charge in [-0.05, 0) is 60.7 Å². The zero-order chi connectivity index (χ0) is 24.3. The average Bonchev–Trinajstić information content (AvgIpc) is 2.90. The first kappa shape index (κ1) is 24.7. The Morgan fingerprint density at radius 2 is 1.74 bits per heavy atom. The van der Waals surface area contributed by atoms with Crippen LogP contribution in [-0.4, -0.2) is 50.2 Å². The van der Waals surface area contributed by atoms with Gasteiger partial charge in [-0.2, -0.15) is 0 Å². The second kappa shape index (κ2) is 12.9. The maximum absolute atomic E-state index is 12.4. The van der Waals surface area contributed by atoms with Gasteiger partial charge in [0.25, 0.3) is 0 Å². The summed E-state index contributed by atoms with van der Waals surface area (Å²) in [5.74, 6) is 0.909. The van der Waals surface area contributed by atoms with Crippen LogP contribution in [-0.2, 0) is 24.1 Å². The van der Waals surface area contributed by atoms with Gasteiger partial charge < -0.3 is 20.3 Å². The molecule has 4 rings (SSSR count). The van der Waals surface area contributed by atoms with Gasteiger partial charge >= 0.3 is 0 Å². The minimum Gasteiger partial charge on any atom is -0.496 e. The molecule has 2 heterocycles. The van der Waals surface area contributed by atoms with E-state index in [1.165, 1.54) is 5.69 Å². The molecular weight excluding hydrogens is 436 g/mol. The van der Waals surface area contributed by atoms with E-state index in [4.69, 9.17) is 4.74 Å². The van der Waals surface area contributed by atoms with E-state index in [-0.39, 0.29) is 5.91 Å². The summed E-state index contributed by atoms with van der Waals surface area (Å²) in [6.07, 6.45) is 6.25. The van der Waals surface area contributed by atoms with Crippen LogP contribution in [0.15, 0.2) is 72.9 Å². The Kier molecular flexibility index (Phi) is 9.12. The summed E-state index contributed by atoms with van der Waals surface area (Å²) in [6, 6.07) is 23.0. The SMILES string of the molecule is COc1ccccc1CCNC(=O)Cc1ccc(N2CCC(NCCc3ccccn3)CC2)cc1. The van der Waals surface area contributed by atoms with Crippen LogP contribution in [0.5, 0.6) is 5.75 Å². The van der Waals surface area contributed by atoms with Crippen LogP contribution < -0.4 is 20.3 Å². The molecule has 1 saturated heterocycles. The van der Waals surface area contributed by atoms with Gasteiger partial charge in [0, 0.05) is 56.2 Å². The number of aromatic nitrogens is 1. The summed E-state index contributed by atoms with van der Waals surface area (Å²) in [5, 5.41) is 6.71. The highest BCUT2D eigenvalue weighted by molar-refractivity contribution is 5.78. The summed E-state index contributed by atoms with van der Waals surface area (Å²) in [6.45, 7) is 3.66. The number of carbonyl (C=O) groups excluding carboxylic acids is 1. The van der Waals surface area contributed by atoms with Crippen LogP contribution in [0.2, 0.25) is 0 Å². The summed E-state index contributed by atoms with van der Waals surface area (Å²) in [4.78, 5) is 19.2. The molecule has 0 spiro atoms. The number of nitrogens with zero attached hydrogens (tertiary/aromatic N) is 2. The number of methoxy groups -OCH3 is 1. The van der Waals surface area contributed by atoms with E-state index in [0.717, 1.165) is 67.9 Å². The highest BCUT2D eigenvalue weighted by atomic mass is 16.5. The van der Waals surface area contributed by atoms with Crippen molar-refractivity contribution < 1.29 is 9.53 Å². The van der Waals surface area contributed by atoms with Crippen molar-refractivity contribution in [3.63, 3.8) is 0 Å².